The Balaban J connectivity index is 1.63. The van der Waals surface area contributed by atoms with Crippen LogP contribution in [0.15, 0.2) is 53.3 Å². The Labute approximate surface area is 189 Å². The van der Waals surface area contributed by atoms with Crippen LogP contribution in [0.2, 0.25) is 0 Å². The minimum absolute atomic E-state index is 0.119. The van der Waals surface area contributed by atoms with Crippen molar-refractivity contribution < 1.29 is 9.53 Å². The first-order valence-corrected chi connectivity index (χ1v) is 10.7. The summed E-state index contributed by atoms with van der Waals surface area (Å²) in [6.07, 6.45) is 0.627. The summed E-state index contributed by atoms with van der Waals surface area (Å²) < 4.78 is 5.92. The van der Waals surface area contributed by atoms with Crippen molar-refractivity contribution in [3.8, 4) is 5.75 Å². The van der Waals surface area contributed by atoms with Crippen molar-refractivity contribution >= 4 is 74.1 Å². The van der Waals surface area contributed by atoms with E-state index < -0.39 is 15.9 Å². The van der Waals surface area contributed by atoms with Gasteiger partial charge in [0, 0.05) is 6.92 Å². The number of carbonyl (C=O) groups excluding carboxylic acids is 1. The highest BCUT2D eigenvalue weighted by molar-refractivity contribution is 7.15. The number of rotatable bonds is 4. The van der Waals surface area contributed by atoms with E-state index in [0.717, 1.165) is 16.6 Å². The predicted molar refractivity (Wildman–Crippen MR) is 121 cm³/mol. The van der Waals surface area contributed by atoms with E-state index in [1.54, 1.807) is 34.7 Å². The van der Waals surface area contributed by atoms with Crippen LogP contribution in [0.25, 0.3) is 22.1 Å². The average Bonchev–Trinajstić information content (AvgIpc) is 3.18. The monoisotopic (exact) mass is 481 g/mol. The number of thiazole rings is 1. The molecule has 6 nitrogen and oxygen atoms in total. The van der Waals surface area contributed by atoms with Gasteiger partial charge in [-0.25, -0.2) is 9.38 Å². The Morgan fingerprint density at radius 2 is 1.90 bits per heavy atom. The molecule has 2 aromatic heterocycles. The second-order valence-electron chi connectivity index (χ2n) is 6.44. The zero-order valence-corrected chi connectivity index (χ0v) is 18.5. The zero-order valence-electron chi connectivity index (χ0n) is 15.4. The average molecular weight is 483 g/mol. The van der Waals surface area contributed by atoms with Crippen molar-refractivity contribution in [2.24, 2.45) is 0 Å². The van der Waals surface area contributed by atoms with Crippen molar-refractivity contribution in [2.45, 2.75) is 16.9 Å². The predicted octanol–water partition coefficient (Wildman–Crippen LogP) is 3.67. The lowest BCUT2D eigenvalue weighted by Gasteiger charge is -2.25. The number of aromatic nitrogens is 2. The molecule has 1 amide bonds. The standard InChI is InChI=1S/C20H14Cl3N3O3S/c1-11(27)24-18(20(21,22)23)29-13-8-6-12(7-9-13)10-16-17(28)26-15-5-3-2-4-14(15)25-19(26)30-16/h2-10,18H,1H3,(H,24,27)/b16-10-/t18-/m1/s1. The van der Waals surface area contributed by atoms with Crippen LogP contribution in [0.5, 0.6) is 5.75 Å². The molecule has 1 atom stereocenters. The topological polar surface area (TPSA) is 72.7 Å². The highest BCUT2D eigenvalue weighted by Crippen LogP contribution is 2.32. The lowest BCUT2D eigenvalue weighted by molar-refractivity contribution is -0.121. The Morgan fingerprint density at radius 3 is 2.57 bits per heavy atom. The molecule has 10 heteroatoms. The highest BCUT2D eigenvalue weighted by Gasteiger charge is 2.35. The molecule has 2 heterocycles. The number of imidazole rings is 1. The molecule has 1 N–H and O–H groups in total. The van der Waals surface area contributed by atoms with E-state index in [0.29, 0.717) is 15.2 Å². The summed E-state index contributed by atoms with van der Waals surface area (Å²) in [6.45, 7) is 1.30. The third-order valence-corrected chi connectivity index (χ3v) is 5.77. The van der Waals surface area contributed by atoms with Gasteiger partial charge >= 0.3 is 0 Å². The Hall–Kier alpha value is -2.32. The number of alkyl halides is 3. The summed E-state index contributed by atoms with van der Waals surface area (Å²) in [5.74, 6) is 0.000957. The Kier molecular flexibility index (Phi) is 5.63. The first-order valence-electron chi connectivity index (χ1n) is 8.74. The summed E-state index contributed by atoms with van der Waals surface area (Å²) in [5, 5.41) is 2.44. The fraction of sp³-hybridized carbons (Fsp3) is 0.150. The highest BCUT2D eigenvalue weighted by atomic mass is 35.6. The first kappa shape index (κ1) is 20.9. The van der Waals surface area contributed by atoms with E-state index in [1.807, 2.05) is 24.3 Å². The van der Waals surface area contributed by atoms with Gasteiger partial charge in [-0.05, 0) is 35.9 Å². The molecule has 0 aliphatic heterocycles. The van der Waals surface area contributed by atoms with Gasteiger partial charge in [0.1, 0.15) is 5.75 Å². The molecule has 0 aliphatic rings. The van der Waals surface area contributed by atoms with Crippen LogP contribution >= 0.6 is 46.1 Å². The molecule has 0 saturated heterocycles. The van der Waals surface area contributed by atoms with Crippen molar-refractivity contribution in [2.75, 3.05) is 0 Å². The van der Waals surface area contributed by atoms with E-state index in [9.17, 15) is 9.59 Å². The van der Waals surface area contributed by atoms with Gasteiger partial charge in [-0.15, -0.1) is 0 Å². The number of hydrogen-bond donors (Lipinski definition) is 1. The summed E-state index contributed by atoms with van der Waals surface area (Å²) >= 11 is 18.9. The third-order valence-electron chi connectivity index (χ3n) is 4.21. The van der Waals surface area contributed by atoms with Crippen molar-refractivity contribution in [3.05, 3.63) is 69.0 Å². The van der Waals surface area contributed by atoms with Crippen LogP contribution in [-0.4, -0.2) is 25.3 Å². The number of hydrogen-bond acceptors (Lipinski definition) is 5. The summed E-state index contributed by atoms with van der Waals surface area (Å²) in [7, 11) is 0. The van der Waals surface area contributed by atoms with Crippen LogP contribution in [0.4, 0.5) is 0 Å². The molecule has 0 unspecified atom stereocenters. The Morgan fingerprint density at radius 1 is 1.20 bits per heavy atom. The van der Waals surface area contributed by atoms with Crippen LogP contribution < -0.4 is 20.1 Å². The fourth-order valence-electron chi connectivity index (χ4n) is 2.90. The maximum atomic E-state index is 12.8. The number of benzene rings is 2. The van der Waals surface area contributed by atoms with E-state index in [-0.39, 0.29) is 5.56 Å². The largest absolute Gasteiger partial charge is 0.466 e. The fourth-order valence-corrected chi connectivity index (χ4v) is 4.19. The van der Waals surface area contributed by atoms with Gasteiger partial charge in [0.05, 0.1) is 15.6 Å². The SMILES string of the molecule is CC(=O)N[C@H](Oc1ccc(/C=c2\sc3nc4ccccc4n3c2=O)cc1)C(Cl)(Cl)Cl. The second-order valence-corrected chi connectivity index (χ2v) is 9.82. The number of ether oxygens (including phenoxy) is 1. The van der Waals surface area contributed by atoms with Gasteiger partial charge < -0.3 is 10.1 Å². The van der Waals surface area contributed by atoms with E-state index >= 15 is 0 Å². The molecular weight excluding hydrogens is 469 g/mol. The number of nitrogens with zero attached hydrogens (tertiary/aromatic N) is 2. The van der Waals surface area contributed by atoms with Gasteiger partial charge in [-0.1, -0.05) is 70.4 Å². The van der Waals surface area contributed by atoms with Crippen LogP contribution in [0.3, 0.4) is 0 Å². The Bertz CT molecular complexity index is 1340. The molecule has 30 heavy (non-hydrogen) atoms. The quantitative estimate of drug-likeness (QED) is 0.356. The molecule has 0 aliphatic carbocycles. The molecule has 0 bridgehead atoms. The van der Waals surface area contributed by atoms with Crippen molar-refractivity contribution in [1.82, 2.24) is 14.7 Å². The maximum Gasteiger partial charge on any atom is 0.274 e. The van der Waals surface area contributed by atoms with E-state index in [2.05, 4.69) is 10.3 Å². The normalized spacial score (nSPS) is 13.7. The van der Waals surface area contributed by atoms with Crippen molar-refractivity contribution in [3.63, 3.8) is 0 Å². The molecular formula is C20H14Cl3N3O3S. The van der Waals surface area contributed by atoms with Crippen molar-refractivity contribution in [1.29, 1.82) is 0 Å². The second kappa shape index (κ2) is 8.07. The third kappa shape index (κ3) is 4.25. The van der Waals surface area contributed by atoms with Gasteiger partial charge in [-0.2, -0.15) is 0 Å². The smallest absolute Gasteiger partial charge is 0.274 e. The van der Waals surface area contributed by atoms with Gasteiger partial charge in [0.15, 0.2) is 4.96 Å². The van der Waals surface area contributed by atoms with Gasteiger partial charge in [0.25, 0.3) is 5.56 Å². The lowest BCUT2D eigenvalue weighted by Crippen LogP contribution is -2.47. The van der Waals surface area contributed by atoms with Crippen LogP contribution in [-0.2, 0) is 4.79 Å². The summed E-state index contributed by atoms with van der Waals surface area (Å²) in [5.41, 5.74) is 2.24. The van der Waals surface area contributed by atoms with E-state index in [4.69, 9.17) is 39.5 Å². The molecule has 4 aromatic rings. The number of carbonyl (C=O) groups is 1. The number of para-hydroxylation sites is 2. The zero-order chi connectivity index (χ0) is 21.5. The number of fused-ring (bicyclic) bond motifs is 3. The molecule has 0 spiro atoms. The van der Waals surface area contributed by atoms with Crippen LogP contribution in [0, 0.1) is 0 Å². The summed E-state index contributed by atoms with van der Waals surface area (Å²) in [6, 6.07) is 14.4. The molecule has 0 saturated carbocycles. The summed E-state index contributed by atoms with van der Waals surface area (Å²) in [4.78, 5) is 29.3. The molecule has 2 aromatic carbocycles. The van der Waals surface area contributed by atoms with Crippen LogP contribution in [0.1, 0.15) is 12.5 Å². The molecule has 4 rings (SSSR count). The van der Waals surface area contributed by atoms with E-state index in [1.165, 1.54) is 18.3 Å². The molecule has 0 radical (unpaired) electrons. The minimum atomic E-state index is -1.84. The first-order chi connectivity index (χ1) is 14.2. The van der Waals surface area contributed by atoms with Gasteiger partial charge in [-0.3, -0.25) is 9.59 Å². The lowest BCUT2D eigenvalue weighted by atomic mass is 10.2. The maximum absolute atomic E-state index is 12.8. The number of amides is 1. The van der Waals surface area contributed by atoms with Gasteiger partial charge in [0.2, 0.25) is 15.9 Å². The molecule has 0 fully saturated rings. The minimum Gasteiger partial charge on any atom is -0.466 e. The molecule has 154 valence electrons. The number of halogens is 3. The number of nitrogens with one attached hydrogen (secondary N) is 1.